The maximum Gasteiger partial charge on any atom is 0.418 e. The second kappa shape index (κ2) is 6.48. The van der Waals surface area contributed by atoms with Crippen molar-refractivity contribution in [2.24, 2.45) is 5.41 Å². The number of carbonyl (C=O) groups is 2. The highest BCUT2D eigenvalue weighted by atomic mass is 19.4. The number of hydrogen-bond acceptors (Lipinski definition) is 2. The topological polar surface area (TPSA) is 49.4 Å². The first-order chi connectivity index (χ1) is 12.3. The highest BCUT2D eigenvalue weighted by molar-refractivity contribution is 6.17. The molecule has 0 saturated heterocycles. The van der Waals surface area contributed by atoms with Gasteiger partial charge in [-0.25, -0.2) is 0 Å². The lowest BCUT2D eigenvalue weighted by Gasteiger charge is -2.23. The molecule has 0 atom stereocenters. The van der Waals surface area contributed by atoms with Gasteiger partial charge in [0.15, 0.2) is 0 Å². The minimum atomic E-state index is -4.59. The number of rotatable bonds is 4. The number of hydrogen-bond donors (Lipinski definition) is 1. The third-order valence-electron chi connectivity index (χ3n) is 4.52. The van der Waals surface area contributed by atoms with Crippen LogP contribution in [0.4, 0.5) is 24.5 Å². The smallest absolute Gasteiger partial charge is 0.325 e. The monoisotopic (exact) mass is 362 g/mol. The second-order valence-corrected chi connectivity index (χ2v) is 6.28. The van der Waals surface area contributed by atoms with Gasteiger partial charge in [0.25, 0.3) is 0 Å². The zero-order valence-corrected chi connectivity index (χ0v) is 14.0. The third kappa shape index (κ3) is 3.29. The number of nitrogens with one attached hydrogen (secondary N) is 1. The molecule has 0 radical (unpaired) electrons. The maximum absolute atomic E-state index is 13.1. The third-order valence-corrected chi connectivity index (χ3v) is 4.52. The van der Waals surface area contributed by atoms with Crippen molar-refractivity contribution in [3.63, 3.8) is 0 Å². The number of alkyl halides is 3. The Morgan fingerprint density at radius 2 is 1.58 bits per heavy atom. The van der Waals surface area contributed by atoms with Crippen LogP contribution in [0.25, 0.3) is 0 Å². The summed E-state index contributed by atoms with van der Waals surface area (Å²) in [6.07, 6.45) is -3.97. The summed E-state index contributed by atoms with van der Waals surface area (Å²) in [7, 11) is 1.55. The second-order valence-electron chi connectivity index (χ2n) is 6.28. The van der Waals surface area contributed by atoms with E-state index in [1.165, 1.54) is 23.1 Å². The van der Waals surface area contributed by atoms with Gasteiger partial charge in [0, 0.05) is 12.7 Å². The summed E-state index contributed by atoms with van der Waals surface area (Å²) in [5.41, 5.74) is -1.98. The fourth-order valence-electron chi connectivity index (χ4n) is 2.83. The molecule has 7 heteroatoms. The molecule has 1 N–H and O–H groups in total. The summed E-state index contributed by atoms with van der Waals surface area (Å²) in [6.45, 7) is 0. The molecule has 2 aromatic carbocycles. The largest absolute Gasteiger partial charge is 0.418 e. The van der Waals surface area contributed by atoms with E-state index in [0.717, 1.165) is 6.07 Å². The van der Waals surface area contributed by atoms with Gasteiger partial charge in [-0.15, -0.1) is 0 Å². The molecule has 1 aliphatic rings. The van der Waals surface area contributed by atoms with Crippen molar-refractivity contribution in [2.75, 3.05) is 17.3 Å². The number of amides is 2. The van der Waals surface area contributed by atoms with E-state index in [-0.39, 0.29) is 5.69 Å². The van der Waals surface area contributed by atoms with Crippen LogP contribution in [0.2, 0.25) is 0 Å². The Balaban J connectivity index is 1.81. The Hall–Kier alpha value is -2.83. The predicted molar refractivity (Wildman–Crippen MR) is 91.6 cm³/mol. The normalized spacial score (nSPS) is 15.2. The fraction of sp³-hybridized carbons (Fsp3) is 0.263. The number of halogens is 3. The van der Waals surface area contributed by atoms with Crippen LogP contribution in [0.3, 0.4) is 0 Å². The Morgan fingerprint density at radius 1 is 1.00 bits per heavy atom. The zero-order chi connectivity index (χ0) is 18.9. The molecule has 0 aromatic heterocycles. The standard InChI is InChI=1S/C19H17F3N2O2/c1-24(13-7-3-2-4-8-13)17(26)18(11-12-18)16(25)23-15-10-6-5-9-14(15)19(20,21)22/h2-10H,11-12H2,1H3,(H,23,25). The van der Waals surface area contributed by atoms with Gasteiger partial charge in [-0.2, -0.15) is 13.2 Å². The minimum absolute atomic E-state index is 0.309. The lowest BCUT2D eigenvalue weighted by atomic mass is 10.0. The van der Waals surface area contributed by atoms with E-state index in [9.17, 15) is 22.8 Å². The first-order valence-electron chi connectivity index (χ1n) is 8.06. The molecule has 136 valence electrons. The van der Waals surface area contributed by atoms with Crippen LogP contribution in [-0.2, 0) is 15.8 Å². The number of benzene rings is 2. The van der Waals surface area contributed by atoms with E-state index in [1.54, 1.807) is 37.4 Å². The van der Waals surface area contributed by atoms with Gasteiger partial charge in [0.1, 0.15) is 5.41 Å². The summed E-state index contributed by atoms with van der Waals surface area (Å²) in [5, 5.41) is 2.30. The van der Waals surface area contributed by atoms with Crippen molar-refractivity contribution in [2.45, 2.75) is 19.0 Å². The summed E-state index contributed by atoms with van der Waals surface area (Å²) < 4.78 is 39.3. The summed E-state index contributed by atoms with van der Waals surface area (Å²) in [4.78, 5) is 26.8. The molecule has 2 aromatic rings. The van der Waals surface area contributed by atoms with Crippen LogP contribution in [0.15, 0.2) is 54.6 Å². The number of para-hydroxylation sites is 2. The minimum Gasteiger partial charge on any atom is -0.325 e. The quantitative estimate of drug-likeness (QED) is 0.833. The number of nitrogens with zero attached hydrogens (tertiary/aromatic N) is 1. The van der Waals surface area contributed by atoms with Gasteiger partial charge in [0.05, 0.1) is 11.3 Å². The summed E-state index contributed by atoms with van der Waals surface area (Å²) in [5.74, 6) is -1.13. The molecule has 0 aliphatic heterocycles. The highest BCUT2D eigenvalue weighted by Crippen LogP contribution is 2.49. The van der Waals surface area contributed by atoms with Gasteiger partial charge in [-0.05, 0) is 37.1 Å². The van der Waals surface area contributed by atoms with Crippen LogP contribution >= 0.6 is 0 Å². The molecule has 0 spiro atoms. The van der Waals surface area contributed by atoms with Crippen LogP contribution in [0.1, 0.15) is 18.4 Å². The van der Waals surface area contributed by atoms with Gasteiger partial charge >= 0.3 is 6.18 Å². The Labute approximate surface area is 148 Å². The lowest BCUT2D eigenvalue weighted by molar-refractivity contribution is -0.137. The molecule has 2 amide bonds. The Morgan fingerprint density at radius 3 is 2.15 bits per heavy atom. The molecule has 4 nitrogen and oxygen atoms in total. The van der Waals surface area contributed by atoms with Crippen LogP contribution in [-0.4, -0.2) is 18.9 Å². The van der Waals surface area contributed by atoms with Crippen molar-refractivity contribution in [3.05, 3.63) is 60.2 Å². The number of carbonyl (C=O) groups excluding carboxylic acids is 2. The number of anilines is 2. The highest BCUT2D eigenvalue weighted by Gasteiger charge is 2.58. The van der Waals surface area contributed by atoms with E-state index in [0.29, 0.717) is 18.5 Å². The van der Waals surface area contributed by atoms with Gasteiger partial charge < -0.3 is 10.2 Å². The molecule has 1 fully saturated rings. The van der Waals surface area contributed by atoms with E-state index in [1.807, 2.05) is 0 Å². The van der Waals surface area contributed by atoms with Gasteiger partial charge in [0.2, 0.25) is 11.8 Å². The first kappa shape index (κ1) is 18.0. The molecule has 26 heavy (non-hydrogen) atoms. The van der Waals surface area contributed by atoms with Crippen molar-refractivity contribution in [3.8, 4) is 0 Å². The average Bonchev–Trinajstić information content (AvgIpc) is 3.43. The molecular formula is C19H17F3N2O2. The van der Waals surface area contributed by atoms with Crippen LogP contribution in [0.5, 0.6) is 0 Å². The Kier molecular flexibility index (Phi) is 4.48. The predicted octanol–water partition coefficient (Wildman–Crippen LogP) is 4.09. The van der Waals surface area contributed by atoms with E-state index >= 15 is 0 Å². The van der Waals surface area contributed by atoms with Crippen LogP contribution in [0, 0.1) is 5.41 Å². The molecule has 0 unspecified atom stereocenters. The maximum atomic E-state index is 13.1. The van der Waals surface area contributed by atoms with E-state index in [4.69, 9.17) is 0 Å². The molecule has 0 heterocycles. The van der Waals surface area contributed by atoms with Gasteiger partial charge in [-0.3, -0.25) is 9.59 Å². The van der Waals surface area contributed by atoms with Crippen molar-refractivity contribution in [1.29, 1.82) is 0 Å². The summed E-state index contributed by atoms with van der Waals surface area (Å²) >= 11 is 0. The lowest BCUT2D eigenvalue weighted by Crippen LogP contribution is -2.41. The molecular weight excluding hydrogens is 345 g/mol. The van der Waals surface area contributed by atoms with Crippen molar-refractivity contribution < 1.29 is 22.8 Å². The zero-order valence-electron chi connectivity index (χ0n) is 14.0. The van der Waals surface area contributed by atoms with Crippen molar-refractivity contribution >= 4 is 23.2 Å². The SMILES string of the molecule is CN(C(=O)C1(C(=O)Nc2ccccc2C(F)(F)F)CC1)c1ccccc1. The Bertz CT molecular complexity index is 830. The summed E-state index contributed by atoms with van der Waals surface area (Å²) in [6, 6.07) is 13.5. The van der Waals surface area contributed by atoms with E-state index < -0.39 is 29.0 Å². The first-order valence-corrected chi connectivity index (χ1v) is 8.06. The molecule has 0 bridgehead atoms. The molecule has 3 rings (SSSR count). The van der Waals surface area contributed by atoms with Gasteiger partial charge in [-0.1, -0.05) is 30.3 Å². The molecule has 1 aliphatic carbocycles. The van der Waals surface area contributed by atoms with E-state index in [2.05, 4.69) is 5.32 Å². The van der Waals surface area contributed by atoms with Crippen LogP contribution < -0.4 is 10.2 Å². The molecule has 1 saturated carbocycles. The van der Waals surface area contributed by atoms with Crippen molar-refractivity contribution in [1.82, 2.24) is 0 Å². The fourth-order valence-corrected chi connectivity index (χ4v) is 2.83. The average molecular weight is 362 g/mol.